The van der Waals surface area contributed by atoms with E-state index < -0.39 is 5.60 Å². The van der Waals surface area contributed by atoms with Gasteiger partial charge in [0.15, 0.2) is 0 Å². The summed E-state index contributed by atoms with van der Waals surface area (Å²) in [4.78, 5) is 11.2. The fraction of sp³-hybridized carbons (Fsp3) is 0.917. The van der Waals surface area contributed by atoms with Crippen LogP contribution in [0, 0.1) is 10.8 Å². The lowest BCUT2D eigenvalue weighted by Crippen LogP contribution is -2.41. The maximum atomic E-state index is 11.2. The van der Waals surface area contributed by atoms with Crippen molar-refractivity contribution in [2.45, 2.75) is 60.5 Å². The Morgan fingerprint density at radius 3 is 1.88 bits per heavy atom. The van der Waals surface area contributed by atoms with Gasteiger partial charge in [-0.05, 0) is 31.1 Å². The molecule has 1 N–H and O–H groups in total. The van der Waals surface area contributed by atoms with Gasteiger partial charge in [0.1, 0.15) is 5.60 Å². The highest BCUT2D eigenvalue weighted by molar-refractivity contribution is 6.12. The molecule has 0 fully saturated rings. The molecular formula is C12H26BNO2. The molecule has 0 aromatic rings. The molecular weight excluding hydrogens is 201 g/mol. The highest BCUT2D eigenvalue weighted by Gasteiger charge is 2.39. The molecule has 0 bridgehead atoms. The third-order valence-corrected chi connectivity index (χ3v) is 3.47. The number of amides is 1. The standard InChI is InChI=1S/C12H26BNO2/c1-10(2,3)11(4,5)8-12(6,7)16-9(15)14-13/h8,13H2,1-7H3,(H,14,15). The van der Waals surface area contributed by atoms with E-state index in [-0.39, 0.29) is 16.9 Å². The smallest absolute Gasteiger partial charge is 0.394 e. The number of hydrogen-bond donors (Lipinski definition) is 1. The molecule has 94 valence electrons. The van der Waals surface area contributed by atoms with Crippen LogP contribution in [0.25, 0.3) is 0 Å². The molecule has 0 aliphatic rings. The second-order valence-electron chi connectivity index (χ2n) is 6.71. The predicted octanol–water partition coefficient (Wildman–Crippen LogP) is 2.50. The molecule has 0 aromatic carbocycles. The zero-order valence-electron chi connectivity index (χ0n) is 12.0. The third-order valence-electron chi connectivity index (χ3n) is 3.47. The van der Waals surface area contributed by atoms with Crippen molar-refractivity contribution in [3.05, 3.63) is 0 Å². The van der Waals surface area contributed by atoms with Crippen molar-refractivity contribution in [2.24, 2.45) is 10.8 Å². The number of carbonyl (C=O) groups excluding carboxylic acids is 1. The van der Waals surface area contributed by atoms with Gasteiger partial charge in [-0.3, -0.25) is 0 Å². The Labute approximate surface area is 101 Å². The van der Waals surface area contributed by atoms with Crippen LogP contribution in [0.2, 0.25) is 0 Å². The minimum Gasteiger partial charge on any atom is -0.444 e. The van der Waals surface area contributed by atoms with Crippen LogP contribution in [0.4, 0.5) is 4.79 Å². The number of nitrogens with one attached hydrogen (secondary N) is 1. The molecule has 4 heteroatoms. The van der Waals surface area contributed by atoms with Crippen LogP contribution in [0.5, 0.6) is 0 Å². The fourth-order valence-electron chi connectivity index (χ4n) is 1.67. The van der Waals surface area contributed by atoms with E-state index in [1.807, 2.05) is 13.8 Å². The summed E-state index contributed by atoms with van der Waals surface area (Å²) in [7, 11) is 1.58. The van der Waals surface area contributed by atoms with Crippen molar-refractivity contribution in [1.29, 1.82) is 0 Å². The molecule has 1 amide bonds. The first-order valence-electron chi connectivity index (χ1n) is 5.82. The van der Waals surface area contributed by atoms with Gasteiger partial charge in [-0.1, -0.05) is 34.6 Å². The minimum absolute atomic E-state index is 0.102. The molecule has 16 heavy (non-hydrogen) atoms. The van der Waals surface area contributed by atoms with Crippen molar-refractivity contribution >= 4 is 14.1 Å². The van der Waals surface area contributed by atoms with Gasteiger partial charge in [0.05, 0.1) is 0 Å². The van der Waals surface area contributed by atoms with E-state index in [1.165, 1.54) is 0 Å². The molecule has 0 saturated carbocycles. The van der Waals surface area contributed by atoms with Gasteiger partial charge in [0.25, 0.3) is 0 Å². The van der Waals surface area contributed by atoms with E-state index in [0.717, 1.165) is 6.42 Å². The van der Waals surface area contributed by atoms with Crippen molar-refractivity contribution < 1.29 is 9.53 Å². The van der Waals surface area contributed by atoms with Crippen LogP contribution in [-0.2, 0) is 4.74 Å². The van der Waals surface area contributed by atoms with Crippen LogP contribution >= 0.6 is 0 Å². The van der Waals surface area contributed by atoms with Crippen LogP contribution in [0.15, 0.2) is 0 Å². The van der Waals surface area contributed by atoms with Gasteiger partial charge >= 0.3 is 6.09 Å². The molecule has 0 saturated heterocycles. The summed E-state index contributed by atoms with van der Waals surface area (Å²) in [6, 6.07) is 0. The SMILES string of the molecule is BNC(=O)OC(C)(C)CC(C)(C)C(C)(C)C. The molecule has 3 nitrogen and oxygen atoms in total. The van der Waals surface area contributed by atoms with Crippen LogP contribution in [-0.4, -0.2) is 19.7 Å². The monoisotopic (exact) mass is 227 g/mol. The zero-order chi connectivity index (χ0) is 13.2. The van der Waals surface area contributed by atoms with Gasteiger partial charge in [0.2, 0.25) is 7.98 Å². The molecule has 0 heterocycles. The van der Waals surface area contributed by atoms with Crippen molar-refractivity contribution in [2.75, 3.05) is 0 Å². The quantitative estimate of drug-likeness (QED) is 0.752. The summed E-state index contributed by atoms with van der Waals surface area (Å²) >= 11 is 0. The molecule has 0 spiro atoms. The van der Waals surface area contributed by atoms with E-state index >= 15 is 0 Å². The number of rotatable bonds is 3. The zero-order valence-corrected chi connectivity index (χ0v) is 12.0. The number of carbonyl (C=O) groups is 1. The topological polar surface area (TPSA) is 38.3 Å². The van der Waals surface area contributed by atoms with Crippen molar-refractivity contribution in [3.8, 4) is 0 Å². The van der Waals surface area contributed by atoms with E-state index in [4.69, 9.17) is 4.74 Å². The second-order valence-corrected chi connectivity index (χ2v) is 6.71. The fourth-order valence-corrected chi connectivity index (χ4v) is 1.67. The van der Waals surface area contributed by atoms with Gasteiger partial charge in [-0.15, -0.1) is 0 Å². The molecule has 0 unspecified atom stereocenters. The molecule has 0 aliphatic heterocycles. The number of ether oxygens (including phenoxy) is 1. The Hall–Kier alpha value is -0.665. The lowest BCUT2D eigenvalue weighted by molar-refractivity contribution is -0.0212. The maximum absolute atomic E-state index is 11.2. The van der Waals surface area contributed by atoms with E-state index in [0.29, 0.717) is 0 Å². The lowest BCUT2D eigenvalue weighted by Gasteiger charge is -2.43. The summed E-state index contributed by atoms with van der Waals surface area (Å²) < 4.78 is 5.37. The first-order valence-corrected chi connectivity index (χ1v) is 5.82. The van der Waals surface area contributed by atoms with Crippen LogP contribution in [0.3, 0.4) is 0 Å². The molecule has 0 aromatic heterocycles. The molecule has 0 aliphatic carbocycles. The lowest BCUT2D eigenvalue weighted by atomic mass is 9.64. The Balaban J connectivity index is 4.64. The van der Waals surface area contributed by atoms with E-state index in [2.05, 4.69) is 39.8 Å². The van der Waals surface area contributed by atoms with Crippen molar-refractivity contribution in [1.82, 2.24) is 5.23 Å². The Morgan fingerprint density at radius 1 is 1.12 bits per heavy atom. The Morgan fingerprint density at radius 2 is 1.56 bits per heavy atom. The highest BCUT2D eigenvalue weighted by atomic mass is 16.6. The third kappa shape index (κ3) is 4.46. The minimum atomic E-state index is -0.448. The largest absolute Gasteiger partial charge is 0.444 e. The van der Waals surface area contributed by atoms with Crippen LogP contribution in [0.1, 0.15) is 54.9 Å². The maximum Gasteiger partial charge on any atom is 0.394 e. The summed E-state index contributed by atoms with van der Waals surface area (Å²) in [5.41, 5.74) is -0.169. The predicted molar refractivity (Wildman–Crippen MR) is 70.1 cm³/mol. The van der Waals surface area contributed by atoms with Gasteiger partial charge < -0.3 is 9.96 Å². The Kier molecular flexibility index (Phi) is 4.49. The van der Waals surface area contributed by atoms with Gasteiger partial charge in [-0.25, -0.2) is 4.79 Å². The first-order chi connectivity index (χ1) is 6.91. The van der Waals surface area contributed by atoms with Crippen molar-refractivity contribution in [3.63, 3.8) is 0 Å². The first kappa shape index (κ1) is 15.3. The average Bonchev–Trinajstić information content (AvgIpc) is 1.98. The van der Waals surface area contributed by atoms with E-state index in [9.17, 15) is 4.79 Å². The summed E-state index contributed by atoms with van der Waals surface area (Å²) in [5.74, 6) is 0. The molecule has 0 radical (unpaired) electrons. The number of hydrogen-bond acceptors (Lipinski definition) is 2. The van der Waals surface area contributed by atoms with Crippen LogP contribution < -0.4 is 5.23 Å². The van der Waals surface area contributed by atoms with Gasteiger partial charge in [0, 0.05) is 0 Å². The summed E-state index contributed by atoms with van der Waals surface area (Å²) in [6.07, 6.45) is 0.464. The summed E-state index contributed by atoms with van der Waals surface area (Å²) in [6.45, 7) is 15.0. The Bertz CT molecular complexity index is 254. The van der Waals surface area contributed by atoms with Gasteiger partial charge in [-0.2, -0.15) is 0 Å². The highest BCUT2D eigenvalue weighted by Crippen LogP contribution is 2.44. The molecule has 0 rings (SSSR count). The normalized spacial score (nSPS) is 13.4. The average molecular weight is 227 g/mol. The summed E-state index contributed by atoms with van der Waals surface area (Å²) in [5, 5.41) is 2.48. The van der Waals surface area contributed by atoms with E-state index in [1.54, 1.807) is 7.98 Å². The molecule has 0 atom stereocenters. The second kappa shape index (κ2) is 4.68.